The van der Waals surface area contributed by atoms with Gasteiger partial charge in [-0.1, -0.05) is 6.92 Å². The van der Waals surface area contributed by atoms with Gasteiger partial charge in [0.05, 0.1) is 23.4 Å². The number of rotatable bonds is 4. The lowest BCUT2D eigenvalue weighted by atomic mass is 10.2. The smallest absolute Gasteiger partial charge is 0.265 e. The van der Waals surface area contributed by atoms with E-state index in [2.05, 4.69) is 17.2 Å². The molecule has 2 heterocycles. The van der Waals surface area contributed by atoms with E-state index in [9.17, 15) is 9.90 Å². The van der Waals surface area contributed by atoms with Crippen molar-refractivity contribution < 1.29 is 9.90 Å². The number of aliphatic hydroxyl groups is 1. The highest BCUT2D eigenvalue weighted by atomic mass is 32.1. The van der Waals surface area contributed by atoms with Gasteiger partial charge in [-0.2, -0.15) is 0 Å². The molecule has 0 atom stereocenters. The second kappa shape index (κ2) is 5.95. The first kappa shape index (κ1) is 13.7. The van der Waals surface area contributed by atoms with Crippen LogP contribution in [0, 0.1) is 6.92 Å². The van der Waals surface area contributed by atoms with E-state index in [0.717, 1.165) is 6.42 Å². The molecule has 19 heavy (non-hydrogen) atoms. The van der Waals surface area contributed by atoms with Crippen LogP contribution in [0.4, 0.5) is 5.69 Å². The van der Waals surface area contributed by atoms with Crippen LogP contribution in [-0.4, -0.2) is 16.0 Å². The number of carbonyl (C=O) groups is 1. The largest absolute Gasteiger partial charge is 0.392 e. The second-order valence-corrected chi connectivity index (χ2v) is 5.45. The molecule has 0 aliphatic heterocycles. The maximum Gasteiger partial charge on any atom is 0.265 e. The normalized spacial score (nSPS) is 10.5. The average molecular weight is 276 g/mol. The zero-order valence-corrected chi connectivity index (χ0v) is 11.8. The summed E-state index contributed by atoms with van der Waals surface area (Å²) in [5.74, 6) is -0.157. The molecule has 0 saturated carbocycles. The number of nitrogens with one attached hydrogen (secondary N) is 1. The predicted molar refractivity (Wildman–Crippen MR) is 76.5 cm³/mol. The molecule has 1 amide bonds. The van der Waals surface area contributed by atoms with Gasteiger partial charge in [0.1, 0.15) is 0 Å². The summed E-state index contributed by atoms with van der Waals surface area (Å²) in [5.41, 5.74) is 2.41. The van der Waals surface area contributed by atoms with Crippen molar-refractivity contribution in [3.05, 3.63) is 45.4 Å². The highest BCUT2D eigenvalue weighted by Gasteiger charge is 2.13. The van der Waals surface area contributed by atoms with Crippen molar-refractivity contribution >= 4 is 22.9 Å². The van der Waals surface area contributed by atoms with Crippen LogP contribution in [-0.2, 0) is 13.0 Å². The Hall–Kier alpha value is -1.72. The maximum atomic E-state index is 12.2. The van der Waals surface area contributed by atoms with Gasteiger partial charge in [-0.05, 0) is 31.0 Å². The van der Waals surface area contributed by atoms with Crippen molar-refractivity contribution in [1.82, 2.24) is 4.98 Å². The lowest BCUT2D eigenvalue weighted by Crippen LogP contribution is -2.12. The summed E-state index contributed by atoms with van der Waals surface area (Å²) in [6, 6.07) is 3.61. The fourth-order valence-electron chi connectivity index (χ4n) is 1.84. The van der Waals surface area contributed by atoms with Crippen LogP contribution >= 0.6 is 11.3 Å². The number of aliphatic hydroxyl groups excluding tert-OH is 1. The van der Waals surface area contributed by atoms with E-state index >= 15 is 0 Å². The number of thiophene rings is 1. The Bertz CT molecular complexity index is 593. The van der Waals surface area contributed by atoms with Gasteiger partial charge in [-0.15, -0.1) is 11.3 Å². The molecule has 100 valence electrons. The summed E-state index contributed by atoms with van der Waals surface area (Å²) < 4.78 is 0. The van der Waals surface area contributed by atoms with Crippen LogP contribution in [0.15, 0.2) is 24.5 Å². The molecule has 5 heteroatoms. The minimum atomic E-state index is -0.157. The predicted octanol–water partition coefficient (Wildman–Crippen LogP) is 2.76. The van der Waals surface area contributed by atoms with Crippen molar-refractivity contribution in [3.63, 3.8) is 0 Å². The second-order valence-electron chi connectivity index (χ2n) is 4.19. The van der Waals surface area contributed by atoms with Crippen molar-refractivity contribution in [2.24, 2.45) is 0 Å². The third-order valence-corrected chi connectivity index (χ3v) is 4.05. The molecule has 0 unspecified atom stereocenters. The Morgan fingerprint density at radius 3 is 2.89 bits per heavy atom. The summed E-state index contributed by atoms with van der Waals surface area (Å²) in [4.78, 5) is 18.0. The number of aryl methyl sites for hydroxylation is 2. The van der Waals surface area contributed by atoms with Crippen LogP contribution in [0.2, 0.25) is 0 Å². The summed E-state index contributed by atoms with van der Waals surface area (Å²) >= 11 is 1.48. The van der Waals surface area contributed by atoms with Gasteiger partial charge in [0, 0.05) is 16.6 Å². The molecule has 0 fully saturated rings. The molecular weight excluding hydrogens is 260 g/mol. The SMILES string of the molecule is CCc1cc(C(=O)Nc2cnccc2CO)sc1C. The van der Waals surface area contributed by atoms with Crippen LogP contribution in [0.3, 0.4) is 0 Å². The van der Waals surface area contributed by atoms with Gasteiger partial charge in [0.15, 0.2) is 0 Å². The van der Waals surface area contributed by atoms with Gasteiger partial charge >= 0.3 is 0 Å². The molecule has 0 spiro atoms. The molecule has 0 radical (unpaired) electrons. The maximum absolute atomic E-state index is 12.2. The van der Waals surface area contributed by atoms with Crippen LogP contribution < -0.4 is 5.32 Å². The van der Waals surface area contributed by atoms with E-state index in [-0.39, 0.29) is 12.5 Å². The first-order valence-electron chi connectivity index (χ1n) is 6.10. The van der Waals surface area contributed by atoms with E-state index in [1.54, 1.807) is 18.5 Å². The highest BCUT2D eigenvalue weighted by Crippen LogP contribution is 2.23. The Balaban J connectivity index is 2.20. The van der Waals surface area contributed by atoms with Gasteiger partial charge in [0.2, 0.25) is 0 Å². The lowest BCUT2D eigenvalue weighted by Gasteiger charge is -2.07. The van der Waals surface area contributed by atoms with E-state index in [1.807, 2.05) is 13.0 Å². The molecule has 0 bridgehead atoms. The molecule has 0 saturated heterocycles. The van der Waals surface area contributed by atoms with Gasteiger partial charge in [0.25, 0.3) is 5.91 Å². The fraction of sp³-hybridized carbons (Fsp3) is 0.286. The number of carbonyl (C=O) groups excluding carboxylic acids is 1. The number of hydrogen-bond donors (Lipinski definition) is 2. The minimum absolute atomic E-state index is 0.123. The summed E-state index contributed by atoms with van der Waals surface area (Å²) in [6.07, 6.45) is 4.06. The molecule has 4 nitrogen and oxygen atoms in total. The average Bonchev–Trinajstić information content (AvgIpc) is 2.80. The zero-order chi connectivity index (χ0) is 13.8. The van der Waals surface area contributed by atoms with E-state index in [1.165, 1.54) is 21.8 Å². The first-order valence-corrected chi connectivity index (χ1v) is 6.91. The van der Waals surface area contributed by atoms with Gasteiger partial charge in [-0.25, -0.2) is 0 Å². The Morgan fingerprint density at radius 1 is 1.47 bits per heavy atom. The number of nitrogens with zero attached hydrogens (tertiary/aromatic N) is 1. The summed E-state index contributed by atoms with van der Waals surface area (Å²) in [7, 11) is 0. The summed E-state index contributed by atoms with van der Waals surface area (Å²) in [5, 5.41) is 12.0. The first-order chi connectivity index (χ1) is 9.15. The fourth-order valence-corrected chi connectivity index (χ4v) is 2.85. The molecule has 2 rings (SSSR count). The van der Waals surface area contributed by atoms with Crippen molar-refractivity contribution in [3.8, 4) is 0 Å². The zero-order valence-electron chi connectivity index (χ0n) is 10.9. The van der Waals surface area contributed by atoms with E-state index in [0.29, 0.717) is 16.1 Å². The van der Waals surface area contributed by atoms with E-state index < -0.39 is 0 Å². The number of pyridine rings is 1. The molecule has 0 aliphatic rings. The number of amides is 1. The topological polar surface area (TPSA) is 62.2 Å². The molecular formula is C14H16N2O2S. The third-order valence-electron chi connectivity index (χ3n) is 2.96. The number of aromatic nitrogens is 1. The Kier molecular flexibility index (Phi) is 4.29. The highest BCUT2D eigenvalue weighted by molar-refractivity contribution is 7.14. The van der Waals surface area contributed by atoms with Crippen LogP contribution in [0.25, 0.3) is 0 Å². The monoisotopic (exact) mass is 276 g/mol. The third kappa shape index (κ3) is 3.00. The van der Waals surface area contributed by atoms with Crippen LogP contribution in [0.5, 0.6) is 0 Å². The molecule has 2 aromatic heterocycles. The molecule has 2 aromatic rings. The number of anilines is 1. The molecule has 0 aliphatic carbocycles. The molecule has 0 aromatic carbocycles. The quantitative estimate of drug-likeness (QED) is 0.902. The van der Waals surface area contributed by atoms with Crippen molar-refractivity contribution in [2.45, 2.75) is 26.9 Å². The number of hydrogen-bond acceptors (Lipinski definition) is 4. The Labute approximate surface area is 116 Å². The lowest BCUT2D eigenvalue weighted by molar-refractivity contribution is 0.103. The van der Waals surface area contributed by atoms with E-state index in [4.69, 9.17) is 0 Å². The van der Waals surface area contributed by atoms with Crippen molar-refractivity contribution in [2.75, 3.05) is 5.32 Å². The van der Waals surface area contributed by atoms with Crippen LogP contribution in [0.1, 0.15) is 32.6 Å². The van der Waals surface area contributed by atoms with Gasteiger partial charge in [-0.3, -0.25) is 9.78 Å². The molecule has 2 N–H and O–H groups in total. The van der Waals surface area contributed by atoms with Gasteiger partial charge < -0.3 is 10.4 Å². The minimum Gasteiger partial charge on any atom is -0.392 e. The standard InChI is InChI=1S/C14H16N2O2S/c1-3-10-6-13(19-9(10)2)14(18)16-12-7-15-5-4-11(12)8-17/h4-7,17H,3,8H2,1-2H3,(H,16,18). The Morgan fingerprint density at radius 2 is 2.26 bits per heavy atom. The van der Waals surface area contributed by atoms with Crippen molar-refractivity contribution in [1.29, 1.82) is 0 Å². The summed E-state index contributed by atoms with van der Waals surface area (Å²) in [6.45, 7) is 3.97.